The van der Waals surface area contributed by atoms with Crippen LogP contribution in [-0.4, -0.2) is 46.9 Å². The topological polar surface area (TPSA) is 86.7 Å². The number of carboxylic acid groups (broad SMARTS) is 1. The Morgan fingerprint density at radius 2 is 1.90 bits per heavy atom. The molecule has 2 N–H and O–H groups in total. The molecule has 0 aromatic heterocycles. The standard InChI is InChI=1S/C15H24N2O4/c18-13(10-17-9-5-1-2-8-14(17)19)16-12-7-4-3-6-11(12)15(20)21/h11-12H,1-10H2,(H,16,18)(H,20,21). The molecule has 1 saturated heterocycles. The van der Waals surface area contributed by atoms with Gasteiger partial charge in [-0.2, -0.15) is 0 Å². The predicted molar refractivity (Wildman–Crippen MR) is 76.6 cm³/mol. The molecule has 2 rings (SSSR count). The largest absolute Gasteiger partial charge is 0.481 e. The second-order valence-electron chi connectivity index (χ2n) is 6.03. The van der Waals surface area contributed by atoms with E-state index in [4.69, 9.17) is 0 Å². The number of nitrogens with one attached hydrogen (secondary N) is 1. The molecule has 2 atom stereocenters. The van der Waals surface area contributed by atoms with Gasteiger partial charge < -0.3 is 15.3 Å². The van der Waals surface area contributed by atoms with Gasteiger partial charge in [0.2, 0.25) is 11.8 Å². The molecule has 2 aliphatic rings. The number of rotatable bonds is 4. The van der Waals surface area contributed by atoms with Crippen molar-refractivity contribution in [2.24, 2.45) is 5.92 Å². The van der Waals surface area contributed by atoms with E-state index < -0.39 is 11.9 Å². The van der Waals surface area contributed by atoms with Crippen molar-refractivity contribution < 1.29 is 19.5 Å². The summed E-state index contributed by atoms with van der Waals surface area (Å²) in [6.07, 6.45) is 6.51. The summed E-state index contributed by atoms with van der Waals surface area (Å²) in [6.45, 7) is 0.681. The number of nitrogens with zero attached hydrogens (tertiary/aromatic N) is 1. The number of carboxylic acids is 1. The summed E-state index contributed by atoms with van der Waals surface area (Å²) in [6, 6.07) is -0.300. The molecule has 21 heavy (non-hydrogen) atoms. The third-order valence-corrected chi connectivity index (χ3v) is 4.44. The van der Waals surface area contributed by atoms with E-state index in [1.807, 2.05) is 0 Å². The van der Waals surface area contributed by atoms with Crippen LogP contribution in [0, 0.1) is 5.92 Å². The normalized spacial score (nSPS) is 27.0. The Kier molecular flexibility index (Phi) is 5.59. The number of hydrogen-bond donors (Lipinski definition) is 2. The highest BCUT2D eigenvalue weighted by molar-refractivity contribution is 5.85. The minimum Gasteiger partial charge on any atom is -0.481 e. The summed E-state index contributed by atoms with van der Waals surface area (Å²) in [5, 5.41) is 12.0. The molecule has 0 spiro atoms. The molecular weight excluding hydrogens is 272 g/mol. The minimum absolute atomic E-state index is 0.0288. The zero-order valence-corrected chi connectivity index (χ0v) is 12.3. The molecule has 118 valence electrons. The Hall–Kier alpha value is -1.59. The van der Waals surface area contributed by atoms with Crippen LogP contribution in [0.1, 0.15) is 51.4 Å². The summed E-state index contributed by atoms with van der Waals surface area (Å²) in [4.78, 5) is 36.8. The van der Waals surface area contributed by atoms with Crippen LogP contribution in [0.5, 0.6) is 0 Å². The Bertz CT molecular complexity index is 410. The molecule has 6 nitrogen and oxygen atoms in total. The average molecular weight is 296 g/mol. The van der Waals surface area contributed by atoms with E-state index in [1.165, 1.54) is 0 Å². The molecule has 1 saturated carbocycles. The van der Waals surface area contributed by atoms with Crippen molar-refractivity contribution in [1.29, 1.82) is 0 Å². The smallest absolute Gasteiger partial charge is 0.308 e. The molecule has 6 heteroatoms. The van der Waals surface area contributed by atoms with Gasteiger partial charge >= 0.3 is 5.97 Å². The summed E-state index contributed by atoms with van der Waals surface area (Å²) < 4.78 is 0. The van der Waals surface area contributed by atoms with Gasteiger partial charge in [-0.05, 0) is 25.7 Å². The van der Waals surface area contributed by atoms with Crippen LogP contribution >= 0.6 is 0 Å². The zero-order chi connectivity index (χ0) is 15.2. The van der Waals surface area contributed by atoms with Crippen LogP contribution < -0.4 is 5.32 Å². The molecule has 1 heterocycles. The van der Waals surface area contributed by atoms with E-state index in [9.17, 15) is 19.5 Å². The molecule has 0 bridgehead atoms. The predicted octanol–water partition coefficient (Wildman–Crippen LogP) is 1.15. The van der Waals surface area contributed by atoms with Crippen LogP contribution in [-0.2, 0) is 14.4 Å². The summed E-state index contributed by atoms with van der Waals surface area (Å²) in [5.41, 5.74) is 0. The maximum absolute atomic E-state index is 12.1. The van der Waals surface area contributed by atoms with E-state index in [0.717, 1.165) is 32.1 Å². The first-order valence-corrected chi connectivity index (χ1v) is 7.88. The SMILES string of the molecule is O=C(CN1CCCCCC1=O)NC1CCCCC1C(=O)O. The van der Waals surface area contributed by atoms with Crippen LogP contribution in [0.4, 0.5) is 0 Å². The Balaban J connectivity index is 1.87. The summed E-state index contributed by atoms with van der Waals surface area (Å²) in [5.74, 6) is -1.54. The van der Waals surface area contributed by atoms with Crippen molar-refractivity contribution in [2.45, 2.75) is 57.4 Å². The van der Waals surface area contributed by atoms with Crippen molar-refractivity contribution >= 4 is 17.8 Å². The van der Waals surface area contributed by atoms with Crippen molar-refractivity contribution in [2.75, 3.05) is 13.1 Å². The molecule has 0 aromatic carbocycles. The number of aliphatic carboxylic acids is 1. The van der Waals surface area contributed by atoms with E-state index in [1.54, 1.807) is 4.90 Å². The summed E-state index contributed by atoms with van der Waals surface area (Å²) in [7, 11) is 0. The maximum Gasteiger partial charge on any atom is 0.308 e. The Morgan fingerprint density at radius 1 is 1.14 bits per heavy atom. The van der Waals surface area contributed by atoms with E-state index in [2.05, 4.69) is 5.32 Å². The molecule has 2 unspecified atom stereocenters. The van der Waals surface area contributed by atoms with Gasteiger partial charge in [-0.15, -0.1) is 0 Å². The first-order chi connectivity index (χ1) is 10.1. The molecule has 1 aliphatic heterocycles. The zero-order valence-electron chi connectivity index (χ0n) is 12.3. The van der Waals surface area contributed by atoms with Crippen LogP contribution in [0.25, 0.3) is 0 Å². The number of likely N-dealkylation sites (tertiary alicyclic amines) is 1. The molecule has 0 aromatic rings. The van der Waals surface area contributed by atoms with Gasteiger partial charge in [0.25, 0.3) is 0 Å². The molecule has 2 amide bonds. The number of amides is 2. The van der Waals surface area contributed by atoms with Crippen LogP contribution in [0.2, 0.25) is 0 Å². The fraction of sp³-hybridized carbons (Fsp3) is 0.800. The van der Waals surface area contributed by atoms with Crippen LogP contribution in [0.15, 0.2) is 0 Å². The lowest BCUT2D eigenvalue weighted by Crippen LogP contribution is -2.49. The van der Waals surface area contributed by atoms with Gasteiger partial charge in [0.05, 0.1) is 12.5 Å². The second-order valence-corrected chi connectivity index (χ2v) is 6.03. The van der Waals surface area contributed by atoms with Crippen LogP contribution in [0.3, 0.4) is 0 Å². The molecule has 1 aliphatic carbocycles. The highest BCUT2D eigenvalue weighted by Gasteiger charge is 2.32. The third kappa shape index (κ3) is 4.44. The fourth-order valence-corrected chi connectivity index (χ4v) is 3.23. The quantitative estimate of drug-likeness (QED) is 0.814. The van der Waals surface area contributed by atoms with E-state index in [-0.39, 0.29) is 24.4 Å². The van der Waals surface area contributed by atoms with Crippen molar-refractivity contribution in [1.82, 2.24) is 10.2 Å². The second kappa shape index (κ2) is 7.43. The Morgan fingerprint density at radius 3 is 2.67 bits per heavy atom. The molecular formula is C15H24N2O4. The third-order valence-electron chi connectivity index (χ3n) is 4.44. The van der Waals surface area contributed by atoms with Gasteiger partial charge in [-0.3, -0.25) is 14.4 Å². The van der Waals surface area contributed by atoms with Gasteiger partial charge in [-0.25, -0.2) is 0 Å². The Labute approximate surface area is 124 Å². The molecule has 0 radical (unpaired) electrons. The van der Waals surface area contributed by atoms with Gasteiger partial charge in [-0.1, -0.05) is 19.3 Å². The average Bonchev–Trinajstić information content (AvgIpc) is 2.64. The minimum atomic E-state index is -0.842. The fourth-order valence-electron chi connectivity index (χ4n) is 3.23. The van der Waals surface area contributed by atoms with Crippen molar-refractivity contribution in [3.63, 3.8) is 0 Å². The van der Waals surface area contributed by atoms with Gasteiger partial charge in [0.15, 0.2) is 0 Å². The van der Waals surface area contributed by atoms with Crippen molar-refractivity contribution in [3.05, 3.63) is 0 Å². The van der Waals surface area contributed by atoms with Gasteiger partial charge in [0.1, 0.15) is 0 Å². The van der Waals surface area contributed by atoms with E-state index in [0.29, 0.717) is 25.8 Å². The first kappa shape index (κ1) is 15.8. The maximum atomic E-state index is 12.1. The van der Waals surface area contributed by atoms with Crippen molar-refractivity contribution in [3.8, 4) is 0 Å². The number of carbonyl (C=O) groups excluding carboxylic acids is 2. The lowest BCUT2D eigenvalue weighted by atomic mass is 9.84. The number of hydrogen-bond acceptors (Lipinski definition) is 3. The lowest BCUT2D eigenvalue weighted by Gasteiger charge is -2.30. The van der Waals surface area contributed by atoms with Gasteiger partial charge in [0, 0.05) is 19.0 Å². The number of carbonyl (C=O) groups is 3. The highest BCUT2D eigenvalue weighted by atomic mass is 16.4. The van der Waals surface area contributed by atoms with E-state index >= 15 is 0 Å². The first-order valence-electron chi connectivity index (χ1n) is 7.88. The lowest BCUT2D eigenvalue weighted by molar-refractivity contribution is -0.144. The monoisotopic (exact) mass is 296 g/mol. The summed E-state index contributed by atoms with van der Waals surface area (Å²) >= 11 is 0. The highest BCUT2D eigenvalue weighted by Crippen LogP contribution is 2.24. The molecule has 2 fully saturated rings.